The smallest absolute Gasteiger partial charge is 0.0233 e. The fraction of sp³-hybridized carbons (Fsp3) is 0.684. The molecule has 0 amide bonds. The van der Waals surface area contributed by atoms with Crippen LogP contribution in [0.2, 0.25) is 0 Å². The van der Waals surface area contributed by atoms with Crippen molar-refractivity contribution in [3.05, 3.63) is 35.4 Å². The van der Waals surface area contributed by atoms with Crippen LogP contribution in [0.1, 0.15) is 58.6 Å². The van der Waals surface area contributed by atoms with E-state index in [0.29, 0.717) is 0 Å². The van der Waals surface area contributed by atoms with Gasteiger partial charge in [-0.05, 0) is 47.8 Å². The Balaban J connectivity index is 1.90. The lowest BCUT2D eigenvalue weighted by Gasteiger charge is -2.36. The number of nitrogens with zero attached hydrogens (tertiary/aromatic N) is 1. The third kappa shape index (κ3) is 4.09. The quantitative estimate of drug-likeness (QED) is 0.741. The lowest BCUT2D eigenvalue weighted by molar-refractivity contribution is 0.133. The average Bonchev–Trinajstić information content (AvgIpc) is 2.35. The van der Waals surface area contributed by atoms with Gasteiger partial charge in [-0.2, -0.15) is 0 Å². The van der Waals surface area contributed by atoms with Crippen LogP contribution in [-0.4, -0.2) is 18.0 Å². The molecule has 0 atom stereocenters. The molecule has 2 rings (SSSR count). The molecule has 0 N–H and O–H groups in total. The van der Waals surface area contributed by atoms with Crippen LogP contribution in [0.15, 0.2) is 24.3 Å². The van der Waals surface area contributed by atoms with Gasteiger partial charge in [0.25, 0.3) is 0 Å². The van der Waals surface area contributed by atoms with E-state index >= 15 is 0 Å². The SMILES string of the molecule is CCN(Cc1ccc(C(C)(C)C)cc1)CC1CC(C)C1. The Morgan fingerprint density at radius 3 is 2.15 bits per heavy atom. The Hall–Kier alpha value is -0.820. The maximum absolute atomic E-state index is 2.60. The maximum atomic E-state index is 2.60. The zero-order valence-electron chi connectivity index (χ0n) is 13.9. The monoisotopic (exact) mass is 273 g/mol. The summed E-state index contributed by atoms with van der Waals surface area (Å²) in [6, 6.07) is 9.22. The summed E-state index contributed by atoms with van der Waals surface area (Å²) in [4.78, 5) is 2.60. The van der Waals surface area contributed by atoms with E-state index in [2.05, 4.69) is 63.8 Å². The van der Waals surface area contributed by atoms with Crippen LogP contribution in [0.3, 0.4) is 0 Å². The van der Waals surface area contributed by atoms with Crippen molar-refractivity contribution in [2.24, 2.45) is 11.8 Å². The molecule has 0 aromatic heterocycles. The lowest BCUT2D eigenvalue weighted by atomic mass is 9.76. The summed E-state index contributed by atoms with van der Waals surface area (Å²) in [7, 11) is 0. The molecule has 0 heterocycles. The molecule has 1 aliphatic carbocycles. The standard InChI is InChI=1S/C19H31N/c1-6-20(14-17-11-15(2)12-17)13-16-7-9-18(10-8-16)19(3,4)5/h7-10,15,17H,6,11-14H2,1-5H3. The molecule has 112 valence electrons. The molecule has 0 unspecified atom stereocenters. The first-order valence-corrected chi connectivity index (χ1v) is 8.20. The average molecular weight is 273 g/mol. The highest BCUT2D eigenvalue weighted by Gasteiger charge is 2.26. The van der Waals surface area contributed by atoms with Crippen molar-refractivity contribution in [1.82, 2.24) is 4.90 Å². The van der Waals surface area contributed by atoms with Crippen LogP contribution < -0.4 is 0 Å². The first-order valence-electron chi connectivity index (χ1n) is 8.20. The predicted octanol–water partition coefficient (Wildman–Crippen LogP) is 4.85. The Morgan fingerprint density at radius 1 is 1.10 bits per heavy atom. The van der Waals surface area contributed by atoms with Gasteiger partial charge in [0.05, 0.1) is 0 Å². The lowest BCUT2D eigenvalue weighted by Crippen LogP contribution is -2.35. The van der Waals surface area contributed by atoms with Crippen LogP contribution in [0, 0.1) is 11.8 Å². The molecule has 1 nitrogen and oxygen atoms in total. The second-order valence-corrected chi connectivity index (χ2v) is 7.72. The summed E-state index contributed by atoms with van der Waals surface area (Å²) in [5.74, 6) is 1.91. The van der Waals surface area contributed by atoms with E-state index in [1.54, 1.807) is 0 Å². The van der Waals surface area contributed by atoms with E-state index in [0.717, 1.165) is 24.9 Å². The summed E-state index contributed by atoms with van der Waals surface area (Å²) >= 11 is 0. The highest BCUT2D eigenvalue weighted by atomic mass is 15.1. The van der Waals surface area contributed by atoms with E-state index in [-0.39, 0.29) is 5.41 Å². The van der Waals surface area contributed by atoms with Gasteiger partial charge >= 0.3 is 0 Å². The Kier molecular flexibility index (Phi) is 4.90. The van der Waals surface area contributed by atoms with Crippen molar-refractivity contribution in [2.75, 3.05) is 13.1 Å². The highest BCUT2D eigenvalue weighted by Crippen LogP contribution is 2.33. The molecule has 1 saturated carbocycles. The molecule has 0 aliphatic heterocycles. The minimum atomic E-state index is 0.255. The number of rotatable bonds is 5. The normalized spacial score (nSPS) is 22.9. The second-order valence-electron chi connectivity index (χ2n) is 7.72. The highest BCUT2D eigenvalue weighted by molar-refractivity contribution is 5.27. The Labute approximate surface area is 125 Å². The molecule has 0 radical (unpaired) electrons. The maximum Gasteiger partial charge on any atom is 0.0233 e. The fourth-order valence-corrected chi connectivity index (χ4v) is 3.26. The zero-order valence-corrected chi connectivity index (χ0v) is 13.9. The molecule has 20 heavy (non-hydrogen) atoms. The molecule has 0 bridgehead atoms. The third-order valence-electron chi connectivity index (χ3n) is 4.66. The molecule has 1 aromatic carbocycles. The van der Waals surface area contributed by atoms with Crippen LogP contribution in [0.4, 0.5) is 0 Å². The van der Waals surface area contributed by atoms with Crippen molar-refractivity contribution in [3.63, 3.8) is 0 Å². The number of benzene rings is 1. The van der Waals surface area contributed by atoms with E-state index in [1.807, 2.05) is 0 Å². The summed E-state index contributed by atoms with van der Waals surface area (Å²) < 4.78 is 0. The summed E-state index contributed by atoms with van der Waals surface area (Å²) in [5, 5.41) is 0. The van der Waals surface area contributed by atoms with Gasteiger partial charge in [0.1, 0.15) is 0 Å². The Bertz CT molecular complexity index is 406. The van der Waals surface area contributed by atoms with Gasteiger partial charge in [0, 0.05) is 13.1 Å². The van der Waals surface area contributed by atoms with Crippen molar-refractivity contribution in [1.29, 1.82) is 0 Å². The topological polar surface area (TPSA) is 3.24 Å². The first kappa shape index (κ1) is 15.6. The van der Waals surface area contributed by atoms with Crippen molar-refractivity contribution in [2.45, 2.75) is 59.4 Å². The van der Waals surface area contributed by atoms with Crippen LogP contribution in [0.25, 0.3) is 0 Å². The summed E-state index contributed by atoms with van der Waals surface area (Å²) in [6.07, 6.45) is 2.86. The fourth-order valence-electron chi connectivity index (χ4n) is 3.26. The van der Waals surface area contributed by atoms with Crippen molar-refractivity contribution < 1.29 is 0 Å². The summed E-state index contributed by atoms with van der Waals surface area (Å²) in [6.45, 7) is 15.0. The van der Waals surface area contributed by atoms with Crippen molar-refractivity contribution >= 4 is 0 Å². The predicted molar refractivity (Wildman–Crippen MR) is 88.0 cm³/mol. The van der Waals surface area contributed by atoms with Crippen LogP contribution in [-0.2, 0) is 12.0 Å². The first-order chi connectivity index (χ1) is 9.38. The minimum absolute atomic E-state index is 0.255. The molecular weight excluding hydrogens is 242 g/mol. The zero-order chi connectivity index (χ0) is 14.8. The molecule has 0 saturated heterocycles. The molecule has 1 aromatic rings. The second kappa shape index (κ2) is 6.30. The van der Waals surface area contributed by atoms with Gasteiger partial charge in [0.15, 0.2) is 0 Å². The van der Waals surface area contributed by atoms with Gasteiger partial charge in [-0.25, -0.2) is 0 Å². The number of hydrogen-bond donors (Lipinski definition) is 0. The largest absolute Gasteiger partial charge is 0.299 e. The van der Waals surface area contributed by atoms with Crippen molar-refractivity contribution in [3.8, 4) is 0 Å². The van der Waals surface area contributed by atoms with E-state index in [1.165, 1.54) is 30.5 Å². The molecule has 1 fully saturated rings. The van der Waals surface area contributed by atoms with Gasteiger partial charge < -0.3 is 0 Å². The van der Waals surface area contributed by atoms with E-state index in [4.69, 9.17) is 0 Å². The third-order valence-corrected chi connectivity index (χ3v) is 4.66. The molecule has 1 aliphatic rings. The van der Waals surface area contributed by atoms with Crippen LogP contribution >= 0.6 is 0 Å². The molecule has 1 heteroatoms. The number of hydrogen-bond acceptors (Lipinski definition) is 1. The van der Waals surface area contributed by atoms with Gasteiger partial charge in [0.2, 0.25) is 0 Å². The summed E-state index contributed by atoms with van der Waals surface area (Å²) in [5.41, 5.74) is 3.13. The van der Waals surface area contributed by atoms with Crippen LogP contribution in [0.5, 0.6) is 0 Å². The van der Waals surface area contributed by atoms with E-state index < -0.39 is 0 Å². The molecular formula is C19H31N. The minimum Gasteiger partial charge on any atom is -0.299 e. The Morgan fingerprint density at radius 2 is 1.70 bits per heavy atom. The van der Waals surface area contributed by atoms with Gasteiger partial charge in [-0.15, -0.1) is 0 Å². The van der Waals surface area contributed by atoms with E-state index in [9.17, 15) is 0 Å². The van der Waals surface area contributed by atoms with Gasteiger partial charge in [-0.1, -0.05) is 58.9 Å². The van der Waals surface area contributed by atoms with Gasteiger partial charge in [-0.3, -0.25) is 4.90 Å². The molecule has 0 spiro atoms.